The fourth-order valence-corrected chi connectivity index (χ4v) is 4.93. The highest BCUT2D eigenvalue weighted by Gasteiger charge is 2.33. The van der Waals surface area contributed by atoms with E-state index in [2.05, 4.69) is 15.5 Å². The maximum absolute atomic E-state index is 13.3. The molecule has 3 saturated heterocycles. The number of hydrogen-bond donors (Lipinski definition) is 2. The minimum absolute atomic E-state index is 0.190. The molecule has 3 fully saturated rings. The van der Waals surface area contributed by atoms with Crippen molar-refractivity contribution in [3.8, 4) is 0 Å². The normalized spacial score (nSPS) is 23.3. The van der Waals surface area contributed by atoms with E-state index < -0.39 is 17.8 Å². The fraction of sp³-hybridized carbons (Fsp3) is 0.682. The van der Waals surface area contributed by atoms with Crippen LogP contribution in [0.5, 0.6) is 0 Å². The molecule has 0 aliphatic carbocycles. The van der Waals surface area contributed by atoms with Crippen molar-refractivity contribution >= 4 is 17.4 Å². The van der Waals surface area contributed by atoms with Crippen molar-refractivity contribution in [2.24, 2.45) is 5.92 Å². The third-order valence-electron chi connectivity index (χ3n) is 6.61. The quantitative estimate of drug-likeness (QED) is 0.704. The van der Waals surface area contributed by atoms with E-state index in [1.54, 1.807) is 0 Å². The molecule has 9 heteroatoms. The van der Waals surface area contributed by atoms with E-state index >= 15 is 0 Å². The number of hydrogen-bond acceptors (Lipinski definition) is 4. The van der Waals surface area contributed by atoms with Crippen LogP contribution in [-0.4, -0.2) is 62.9 Å². The summed E-state index contributed by atoms with van der Waals surface area (Å²) in [7, 11) is 0. The number of benzene rings is 1. The second kappa shape index (κ2) is 9.65. The summed E-state index contributed by atoms with van der Waals surface area (Å²) >= 11 is 0. The van der Waals surface area contributed by atoms with E-state index in [9.17, 15) is 18.0 Å². The van der Waals surface area contributed by atoms with Gasteiger partial charge in [-0.3, -0.25) is 4.90 Å². The number of halogens is 3. The molecule has 172 valence electrons. The zero-order chi connectivity index (χ0) is 21.8. The standard InChI is InChI=1S/C22H31F3N4O2/c23-22(24,25)17-5-6-19(28-8-1-2-9-28)18(13-17)27-21(30)26-14-20(16-7-12-31-15-16)29-10-3-4-11-29/h5-6,13,16,20H,1-4,7-12,14-15H2,(H2,26,27,30)/t16-,20+/m1/s1. The maximum atomic E-state index is 13.3. The summed E-state index contributed by atoms with van der Waals surface area (Å²) in [5.41, 5.74) is 0.0841. The first-order chi connectivity index (χ1) is 14.9. The smallest absolute Gasteiger partial charge is 0.381 e. The molecule has 2 N–H and O–H groups in total. The van der Waals surface area contributed by atoms with Gasteiger partial charge in [-0.1, -0.05) is 0 Å². The Morgan fingerprint density at radius 2 is 1.84 bits per heavy atom. The topological polar surface area (TPSA) is 56.8 Å². The first-order valence-corrected chi connectivity index (χ1v) is 11.2. The molecule has 0 aromatic heterocycles. The van der Waals surface area contributed by atoms with Crippen molar-refractivity contribution in [3.63, 3.8) is 0 Å². The molecule has 0 bridgehead atoms. The van der Waals surface area contributed by atoms with Crippen molar-refractivity contribution < 1.29 is 22.7 Å². The van der Waals surface area contributed by atoms with Gasteiger partial charge in [-0.05, 0) is 63.4 Å². The molecule has 0 spiro atoms. The van der Waals surface area contributed by atoms with Crippen molar-refractivity contribution in [3.05, 3.63) is 23.8 Å². The summed E-state index contributed by atoms with van der Waals surface area (Å²) < 4.78 is 45.3. The van der Waals surface area contributed by atoms with E-state index in [-0.39, 0.29) is 11.7 Å². The molecular formula is C22H31F3N4O2. The lowest BCUT2D eigenvalue weighted by molar-refractivity contribution is -0.137. The number of anilines is 2. The van der Waals surface area contributed by atoms with Crippen molar-refractivity contribution in [1.82, 2.24) is 10.2 Å². The fourth-order valence-electron chi connectivity index (χ4n) is 4.93. The number of carbonyl (C=O) groups is 1. The second-order valence-electron chi connectivity index (χ2n) is 8.69. The Labute approximate surface area is 181 Å². The minimum Gasteiger partial charge on any atom is -0.381 e. The van der Waals surface area contributed by atoms with E-state index in [4.69, 9.17) is 4.74 Å². The SMILES string of the molecule is O=C(NC[C@@H]([C@@H]1CCOC1)N1CCCC1)Nc1cc(C(F)(F)F)ccc1N1CCCC1. The highest BCUT2D eigenvalue weighted by Crippen LogP contribution is 2.36. The molecular weight excluding hydrogens is 409 g/mol. The van der Waals surface area contributed by atoms with Crippen LogP contribution in [0.3, 0.4) is 0 Å². The van der Waals surface area contributed by atoms with Gasteiger partial charge in [0, 0.05) is 38.2 Å². The molecule has 31 heavy (non-hydrogen) atoms. The number of rotatable bonds is 6. The number of amides is 2. The van der Waals surface area contributed by atoms with Gasteiger partial charge in [-0.25, -0.2) is 4.79 Å². The molecule has 0 unspecified atom stereocenters. The van der Waals surface area contributed by atoms with Gasteiger partial charge >= 0.3 is 12.2 Å². The molecule has 3 heterocycles. The number of likely N-dealkylation sites (tertiary alicyclic amines) is 1. The number of nitrogens with one attached hydrogen (secondary N) is 2. The van der Waals surface area contributed by atoms with E-state index in [0.29, 0.717) is 24.8 Å². The number of nitrogens with zero attached hydrogens (tertiary/aromatic N) is 2. The Morgan fingerprint density at radius 3 is 2.48 bits per heavy atom. The third kappa shape index (κ3) is 5.44. The molecule has 0 saturated carbocycles. The highest BCUT2D eigenvalue weighted by atomic mass is 19.4. The first kappa shape index (κ1) is 22.2. The summed E-state index contributed by atoms with van der Waals surface area (Å²) in [5, 5.41) is 5.61. The lowest BCUT2D eigenvalue weighted by Gasteiger charge is -2.32. The van der Waals surface area contributed by atoms with Crippen molar-refractivity contribution in [2.75, 3.05) is 56.2 Å². The molecule has 6 nitrogen and oxygen atoms in total. The zero-order valence-electron chi connectivity index (χ0n) is 17.7. The molecule has 1 aromatic carbocycles. The van der Waals surface area contributed by atoms with Gasteiger partial charge in [0.05, 0.1) is 23.5 Å². The lowest BCUT2D eigenvalue weighted by atomic mass is 9.97. The average molecular weight is 441 g/mol. The molecule has 1 aromatic rings. The van der Waals surface area contributed by atoms with Crippen LogP contribution in [0.2, 0.25) is 0 Å². The van der Waals surface area contributed by atoms with Crippen LogP contribution in [0.15, 0.2) is 18.2 Å². The van der Waals surface area contributed by atoms with Gasteiger partial charge in [0.15, 0.2) is 0 Å². The maximum Gasteiger partial charge on any atom is 0.416 e. The van der Waals surface area contributed by atoms with Crippen LogP contribution in [-0.2, 0) is 10.9 Å². The number of ether oxygens (including phenoxy) is 1. The summed E-state index contributed by atoms with van der Waals surface area (Å²) in [6.45, 7) is 5.47. The van der Waals surface area contributed by atoms with Crippen LogP contribution in [0, 0.1) is 5.92 Å². The lowest BCUT2D eigenvalue weighted by Crippen LogP contribution is -2.48. The predicted octanol–water partition coefficient (Wildman–Crippen LogP) is 3.93. The number of urea groups is 1. The monoisotopic (exact) mass is 440 g/mol. The summed E-state index contributed by atoms with van der Waals surface area (Å²) in [4.78, 5) is 17.1. The van der Waals surface area contributed by atoms with Crippen LogP contribution >= 0.6 is 0 Å². The zero-order valence-corrected chi connectivity index (χ0v) is 17.7. The molecule has 0 radical (unpaired) electrons. The number of alkyl halides is 3. The highest BCUT2D eigenvalue weighted by molar-refractivity contribution is 5.93. The average Bonchev–Trinajstić information content (AvgIpc) is 3.50. The van der Waals surface area contributed by atoms with Crippen molar-refractivity contribution in [1.29, 1.82) is 0 Å². The molecule has 2 amide bonds. The number of carbonyl (C=O) groups excluding carboxylic acids is 1. The van der Waals surface area contributed by atoms with Gasteiger partial charge in [0.2, 0.25) is 0 Å². The van der Waals surface area contributed by atoms with Gasteiger partial charge in [0.25, 0.3) is 0 Å². The molecule has 3 aliphatic rings. The van der Waals surface area contributed by atoms with E-state index in [1.165, 1.54) is 6.07 Å². The minimum atomic E-state index is -4.46. The Balaban J connectivity index is 1.45. The van der Waals surface area contributed by atoms with Gasteiger partial charge in [-0.15, -0.1) is 0 Å². The van der Waals surface area contributed by atoms with Crippen LogP contribution < -0.4 is 15.5 Å². The van der Waals surface area contributed by atoms with Crippen LogP contribution in [0.25, 0.3) is 0 Å². The Morgan fingerprint density at radius 1 is 1.13 bits per heavy atom. The van der Waals surface area contributed by atoms with E-state index in [1.807, 2.05) is 4.90 Å². The van der Waals surface area contributed by atoms with Gasteiger partial charge < -0.3 is 20.3 Å². The second-order valence-corrected chi connectivity index (χ2v) is 8.69. The molecule has 3 aliphatic heterocycles. The van der Waals surface area contributed by atoms with E-state index in [0.717, 1.165) is 77.0 Å². The van der Waals surface area contributed by atoms with Gasteiger partial charge in [0.1, 0.15) is 0 Å². The van der Waals surface area contributed by atoms with Gasteiger partial charge in [-0.2, -0.15) is 13.2 Å². The molecule has 4 rings (SSSR count). The Kier molecular flexibility index (Phi) is 6.91. The first-order valence-electron chi connectivity index (χ1n) is 11.2. The molecule has 2 atom stereocenters. The van der Waals surface area contributed by atoms with Crippen molar-refractivity contribution in [2.45, 2.75) is 44.3 Å². The summed E-state index contributed by atoms with van der Waals surface area (Å²) in [5.74, 6) is 0.368. The Hall–Kier alpha value is -2.00. The largest absolute Gasteiger partial charge is 0.416 e. The Bertz CT molecular complexity index is 740. The third-order valence-corrected chi connectivity index (χ3v) is 6.61. The van der Waals surface area contributed by atoms with Crippen LogP contribution in [0.4, 0.5) is 29.3 Å². The summed E-state index contributed by atoms with van der Waals surface area (Å²) in [6, 6.07) is 3.31. The summed E-state index contributed by atoms with van der Waals surface area (Å²) in [6.07, 6.45) is 0.803. The predicted molar refractivity (Wildman–Crippen MR) is 113 cm³/mol. The van der Waals surface area contributed by atoms with Crippen LogP contribution in [0.1, 0.15) is 37.7 Å².